The SMILES string of the molecule is O=C(CCCCCCOc1ccc(-c2ccc(Cl)cc2)cc1)NO. The van der Waals surface area contributed by atoms with Gasteiger partial charge < -0.3 is 4.74 Å². The van der Waals surface area contributed by atoms with Gasteiger partial charge in [-0.1, -0.05) is 48.7 Å². The number of ether oxygens (including phenoxy) is 1. The van der Waals surface area contributed by atoms with Crippen LogP contribution in [0.1, 0.15) is 32.1 Å². The first-order valence-electron chi connectivity index (χ1n) is 8.11. The molecule has 0 bridgehead atoms. The number of nitrogens with one attached hydrogen (secondary N) is 1. The average molecular weight is 348 g/mol. The van der Waals surface area contributed by atoms with Crippen LogP contribution in [0.5, 0.6) is 5.75 Å². The average Bonchev–Trinajstić information content (AvgIpc) is 2.62. The normalized spacial score (nSPS) is 10.4. The van der Waals surface area contributed by atoms with E-state index in [0.717, 1.165) is 47.6 Å². The van der Waals surface area contributed by atoms with Crippen molar-refractivity contribution in [3.63, 3.8) is 0 Å². The van der Waals surface area contributed by atoms with Crippen LogP contribution in [0.2, 0.25) is 5.02 Å². The molecular weight excluding hydrogens is 326 g/mol. The Bertz CT molecular complexity index is 626. The van der Waals surface area contributed by atoms with E-state index in [1.807, 2.05) is 48.5 Å². The maximum absolute atomic E-state index is 10.8. The van der Waals surface area contributed by atoms with E-state index in [1.54, 1.807) is 5.48 Å². The van der Waals surface area contributed by atoms with Crippen LogP contribution in [0.25, 0.3) is 11.1 Å². The van der Waals surface area contributed by atoms with Crippen molar-refractivity contribution in [2.75, 3.05) is 6.61 Å². The summed E-state index contributed by atoms with van der Waals surface area (Å²) in [5.74, 6) is 0.527. The number of carbonyl (C=O) groups is 1. The van der Waals surface area contributed by atoms with Gasteiger partial charge >= 0.3 is 0 Å². The summed E-state index contributed by atoms with van der Waals surface area (Å²) in [7, 11) is 0. The molecular formula is C19H22ClNO3. The van der Waals surface area contributed by atoms with Crippen LogP contribution < -0.4 is 10.2 Å². The fraction of sp³-hybridized carbons (Fsp3) is 0.316. The molecule has 0 spiro atoms. The molecule has 4 nitrogen and oxygen atoms in total. The van der Waals surface area contributed by atoms with Crippen molar-refractivity contribution in [2.45, 2.75) is 32.1 Å². The predicted octanol–water partition coefficient (Wildman–Crippen LogP) is 4.84. The predicted molar refractivity (Wildman–Crippen MR) is 95.4 cm³/mol. The number of halogens is 1. The highest BCUT2D eigenvalue weighted by Gasteiger charge is 2.00. The first-order valence-corrected chi connectivity index (χ1v) is 8.48. The fourth-order valence-electron chi connectivity index (χ4n) is 2.37. The molecule has 0 saturated carbocycles. The Hall–Kier alpha value is -2.04. The molecule has 2 aromatic carbocycles. The Morgan fingerprint density at radius 1 is 0.917 bits per heavy atom. The minimum absolute atomic E-state index is 0.327. The molecule has 0 unspecified atom stereocenters. The third-order valence-electron chi connectivity index (χ3n) is 3.72. The topological polar surface area (TPSA) is 58.6 Å². The van der Waals surface area contributed by atoms with Crippen molar-refractivity contribution in [2.24, 2.45) is 0 Å². The van der Waals surface area contributed by atoms with Gasteiger partial charge in [-0.05, 0) is 48.2 Å². The van der Waals surface area contributed by atoms with E-state index in [2.05, 4.69) is 0 Å². The first-order chi connectivity index (χ1) is 11.7. The standard InChI is InChI=1S/C19H22ClNO3/c20-17-10-6-15(7-11-17)16-8-12-18(13-9-16)24-14-4-2-1-3-5-19(22)21-23/h6-13,23H,1-5,14H2,(H,21,22). The van der Waals surface area contributed by atoms with Gasteiger partial charge in [-0.15, -0.1) is 0 Å². The number of hydrogen-bond donors (Lipinski definition) is 2. The van der Waals surface area contributed by atoms with Gasteiger partial charge in [-0.25, -0.2) is 5.48 Å². The van der Waals surface area contributed by atoms with E-state index >= 15 is 0 Å². The van der Waals surface area contributed by atoms with E-state index in [4.69, 9.17) is 21.5 Å². The largest absolute Gasteiger partial charge is 0.494 e. The van der Waals surface area contributed by atoms with Crippen molar-refractivity contribution in [3.05, 3.63) is 53.6 Å². The van der Waals surface area contributed by atoms with Gasteiger partial charge in [-0.2, -0.15) is 0 Å². The van der Waals surface area contributed by atoms with Gasteiger partial charge in [0.05, 0.1) is 6.61 Å². The molecule has 0 aliphatic carbocycles. The van der Waals surface area contributed by atoms with Crippen LogP contribution in [0, 0.1) is 0 Å². The Morgan fingerprint density at radius 2 is 1.50 bits per heavy atom. The lowest BCUT2D eigenvalue weighted by Crippen LogP contribution is -2.17. The lowest BCUT2D eigenvalue weighted by Gasteiger charge is -2.07. The molecule has 128 valence electrons. The van der Waals surface area contributed by atoms with Crippen molar-refractivity contribution in [1.82, 2.24) is 5.48 Å². The second kappa shape index (κ2) is 9.96. The Kier molecular flexibility index (Phi) is 7.59. The van der Waals surface area contributed by atoms with Crippen LogP contribution in [-0.2, 0) is 4.79 Å². The van der Waals surface area contributed by atoms with Gasteiger partial charge in [0.25, 0.3) is 0 Å². The number of hydroxylamine groups is 1. The highest BCUT2D eigenvalue weighted by molar-refractivity contribution is 6.30. The molecule has 5 heteroatoms. The fourth-order valence-corrected chi connectivity index (χ4v) is 2.50. The monoisotopic (exact) mass is 347 g/mol. The maximum Gasteiger partial charge on any atom is 0.243 e. The van der Waals surface area contributed by atoms with Crippen LogP contribution in [0.15, 0.2) is 48.5 Å². The number of unbranched alkanes of at least 4 members (excludes halogenated alkanes) is 3. The molecule has 1 amide bonds. The van der Waals surface area contributed by atoms with E-state index in [1.165, 1.54) is 0 Å². The second-order valence-corrected chi connectivity index (χ2v) is 6.02. The lowest BCUT2D eigenvalue weighted by molar-refractivity contribution is -0.129. The molecule has 2 N–H and O–H groups in total. The summed E-state index contributed by atoms with van der Waals surface area (Å²) < 4.78 is 5.72. The maximum atomic E-state index is 10.8. The van der Waals surface area contributed by atoms with Gasteiger partial charge in [0, 0.05) is 11.4 Å². The third kappa shape index (κ3) is 6.22. The molecule has 0 heterocycles. The van der Waals surface area contributed by atoms with Crippen molar-refractivity contribution < 1.29 is 14.7 Å². The summed E-state index contributed by atoms with van der Waals surface area (Å²) in [6, 6.07) is 15.8. The molecule has 24 heavy (non-hydrogen) atoms. The van der Waals surface area contributed by atoms with E-state index in [0.29, 0.717) is 13.0 Å². The summed E-state index contributed by atoms with van der Waals surface area (Å²) in [5, 5.41) is 9.11. The van der Waals surface area contributed by atoms with Crippen molar-refractivity contribution in [3.8, 4) is 16.9 Å². The second-order valence-electron chi connectivity index (χ2n) is 5.58. The molecule has 2 rings (SSSR count). The Balaban J connectivity index is 1.67. The van der Waals surface area contributed by atoms with E-state index in [-0.39, 0.29) is 5.91 Å². The number of amides is 1. The number of rotatable bonds is 9. The highest BCUT2D eigenvalue weighted by atomic mass is 35.5. The van der Waals surface area contributed by atoms with E-state index < -0.39 is 0 Å². The summed E-state index contributed by atoms with van der Waals surface area (Å²) in [4.78, 5) is 10.8. The van der Waals surface area contributed by atoms with Gasteiger partial charge in [0.2, 0.25) is 5.91 Å². The summed E-state index contributed by atoms with van der Waals surface area (Å²) in [5.41, 5.74) is 3.89. The number of carbonyl (C=O) groups excluding carboxylic acids is 1. The summed E-state index contributed by atoms with van der Waals surface area (Å²) >= 11 is 5.90. The zero-order valence-electron chi connectivity index (χ0n) is 13.5. The number of benzene rings is 2. The highest BCUT2D eigenvalue weighted by Crippen LogP contribution is 2.24. The molecule has 0 aliphatic heterocycles. The van der Waals surface area contributed by atoms with Crippen molar-refractivity contribution >= 4 is 17.5 Å². The minimum Gasteiger partial charge on any atom is -0.494 e. The van der Waals surface area contributed by atoms with Crippen LogP contribution >= 0.6 is 11.6 Å². The lowest BCUT2D eigenvalue weighted by atomic mass is 10.1. The van der Waals surface area contributed by atoms with Gasteiger partial charge in [0.15, 0.2) is 0 Å². The Labute approximate surface area is 147 Å². The minimum atomic E-state index is -0.327. The molecule has 0 radical (unpaired) electrons. The molecule has 0 aliphatic rings. The van der Waals surface area contributed by atoms with E-state index in [9.17, 15) is 4.79 Å². The summed E-state index contributed by atoms with van der Waals surface area (Å²) in [6.07, 6.45) is 4.04. The molecule has 0 fully saturated rings. The zero-order chi connectivity index (χ0) is 17.2. The van der Waals surface area contributed by atoms with Crippen molar-refractivity contribution in [1.29, 1.82) is 0 Å². The van der Waals surface area contributed by atoms with Gasteiger partial charge in [0.1, 0.15) is 5.75 Å². The first kappa shape index (κ1) is 18.3. The molecule has 0 atom stereocenters. The quantitative estimate of drug-likeness (QED) is 0.387. The van der Waals surface area contributed by atoms with Crippen LogP contribution in [-0.4, -0.2) is 17.7 Å². The molecule has 0 aromatic heterocycles. The van der Waals surface area contributed by atoms with Crippen LogP contribution in [0.4, 0.5) is 0 Å². The zero-order valence-corrected chi connectivity index (χ0v) is 14.3. The third-order valence-corrected chi connectivity index (χ3v) is 3.98. The summed E-state index contributed by atoms with van der Waals surface area (Å²) in [6.45, 7) is 0.659. The van der Waals surface area contributed by atoms with Crippen LogP contribution in [0.3, 0.4) is 0 Å². The molecule has 2 aromatic rings. The smallest absolute Gasteiger partial charge is 0.243 e. The Morgan fingerprint density at radius 3 is 2.12 bits per heavy atom. The number of hydrogen-bond acceptors (Lipinski definition) is 3. The molecule has 0 saturated heterocycles. The van der Waals surface area contributed by atoms with Gasteiger partial charge in [-0.3, -0.25) is 10.0 Å².